The first kappa shape index (κ1) is 24.7. The lowest BCUT2D eigenvalue weighted by Crippen LogP contribution is -2.34. The summed E-state index contributed by atoms with van der Waals surface area (Å²) in [6.45, 7) is 6.46. The molecule has 4 aromatic rings. The smallest absolute Gasteiger partial charge is 0.254 e. The van der Waals surface area contributed by atoms with Gasteiger partial charge in [0.25, 0.3) is 5.91 Å². The number of hydrogen-bond donors (Lipinski definition) is 0. The Bertz CT molecular complexity index is 1380. The molecule has 3 aromatic carbocycles. The molecule has 0 saturated carbocycles. The third-order valence-corrected chi connectivity index (χ3v) is 6.93. The van der Waals surface area contributed by atoms with Gasteiger partial charge in [0.1, 0.15) is 12.4 Å². The van der Waals surface area contributed by atoms with Gasteiger partial charge in [0.2, 0.25) is 0 Å². The Morgan fingerprint density at radius 3 is 2.59 bits per heavy atom. The topological polar surface area (TPSA) is 51.7 Å². The van der Waals surface area contributed by atoms with Gasteiger partial charge in [-0.25, -0.2) is 0 Å². The Balaban J connectivity index is 1.46. The average Bonchev–Trinajstić information content (AvgIpc) is 2.92. The Morgan fingerprint density at radius 2 is 1.73 bits per heavy atom. The molecule has 2 bridgehead atoms. The molecule has 1 aliphatic rings. The van der Waals surface area contributed by atoms with Crippen molar-refractivity contribution in [2.75, 3.05) is 26.4 Å². The van der Waals surface area contributed by atoms with E-state index in [2.05, 4.69) is 47.4 Å². The third kappa shape index (κ3) is 5.89. The molecule has 1 aliphatic heterocycles. The second-order valence-corrected chi connectivity index (χ2v) is 9.50. The summed E-state index contributed by atoms with van der Waals surface area (Å²) in [5.74, 6) is 0.899. The fourth-order valence-corrected chi connectivity index (χ4v) is 4.74. The van der Waals surface area contributed by atoms with E-state index in [9.17, 15) is 4.79 Å². The molecule has 0 atom stereocenters. The molecule has 0 aliphatic carbocycles. The minimum Gasteiger partial charge on any atom is -0.491 e. The fraction of sp³-hybridized carbons (Fsp3) is 0.250. The van der Waals surface area contributed by atoms with Crippen LogP contribution in [0.2, 0.25) is 0 Å². The standard InChI is InChI=1S/C32H32N2O3/c1-23-6-3-10-30(24(23)2)32(35)34-14-15-36-16-17-37-31-12-11-27(28-9-5-13-33-21-28)20-29(31)19-25-7-4-8-26(18-25)22-34/h3-13,18,20-21H,14-17,19,22H2,1-2H3. The van der Waals surface area contributed by atoms with Gasteiger partial charge in [0.05, 0.1) is 13.2 Å². The van der Waals surface area contributed by atoms with Crippen LogP contribution < -0.4 is 4.74 Å². The van der Waals surface area contributed by atoms with Crippen molar-refractivity contribution in [3.63, 3.8) is 0 Å². The van der Waals surface area contributed by atoms with Crippen molar-refractivity contribution in [3.8, 4) is 16.9 Å². The van der Waals surface area contributed by atoms with Crippen molar-refractivity contribution in [1.29, 1.82) is 0 Å². The highest BCUT2D eigenvalue weighted by atomic mass is 16.5. The van der Waals surface area contributed by atoms with Crippen LogP contribution >= 0.6 is 0 Å². The molecule has 0 N–H and O–H groups in total. The first-order valence-corrected chi connectivity index (χ1v) is 12.8. The number of ether oxygens (including phenoxy) is 2. The molecular formula is C32H32N2O3. The predicted molar refractivity (Wildman–Crippen MR) is 146 cm³/mol. The Hall–Kier alpha value is -3.96. The summed E-state index contributed by atoms with van der Waals surface area (Å²) in [4.78, 5) is 19.7. The second-order valence-electron chi connectivity index (χ2n) is 9.50. The maximum absolute atomic E-state index is 13.6. The Morgan fingerprint density at radius 1 is 0.865 bits per heavy atom. The molecule has 0 radical (unpaired) electrons. The quantitative estimate of drug-likeness (QED) is 0.344. The summed E-state index contributed by atoms with van der Waals surface area (Å²) in [6, 6.07) is 24.7. The van der Waals surface area contributed by atoms with Gasteiger partial charge in [0, 0.05) is 43.0 Å². The normalized spacial score (nSPS) is 14.3. The zero-order valence-corrected chi connectivity index (χ0v) is 21.4. The van der Waals surface area contributed by atoms with E-state index in [0.717, 1.165) is 51.1 Å². The minimum atomic E-state index is 0.0324. The van der Waals surface area contributed by atoms with Crippen LogP contribution in [0.4, 0.5) is 0 Å². The lowest BCUT2D eigenvalue weighted by atomic mass is 9.97. The van der Waals surface area contributed by atoms with E-state index >= 15 is 0 Å². The van der Waals surface area contributed by atoms with E-state index in [-0.39, 0.29) is 5.91 Å². The largest absolute Gasteiger partial charge is 0.491 e. The van der Waals surface area contributed by atoms with E-state index in [4.69, 9.17) is 9.47 Å². The van der Waals surface area contributed by atoms with Crippen LogP contribution in [0.25, 0.3) is 11.1 Å². The van der Waals surface area contributed by atoms with Gasteiger partial charge in [-0.2, -0.15) is 0 Å². The number of benzene rings is 3. The summed E-state index contributed by atoms with van der Waals surface area (Å²) >= 11 is 0. The molecule has 5 rings (SSSR count). The van der Waals surface area contributed by atoms with Crippen LogP contribution in [0.1, 0.15) is 38.2 Å². The van der Waals surface area contributed by atoms with E-state index in [1.165, 1.54) is 5.56 Å². The van der Waals surface area contributed by atoms with Crippen molar-refractivity contribution in [2.45, 2.75) is 26.8 Å². The number of pyridine rings is 1. The third-order valence-electron chi connectivity index (χ3n) is 6.93. The number of amides is 1. The van der Waals surface area contributed by atoms with Crippen LogP contribution in [0, 0.1) is 13.8 Å². The Kier molecular flexibility index (Phi) is 7.62. The van der Waals surface area contributed by atoms with Crippen molar-refractivity contribution in [3.05, 3.63) is 119 Å². The summed E-state index contributed by atoms with van der Waals surface area (Å²) in [5.41, 5.74) is 8.45. The molecular weight excluding hydrogens is 460 g/mol. The predicted octanol–water partition coefficient (Wildman–Crippen LogP) is 6.01. The minimum absolute atomic E-state index is 0.0324. The molecule has 5 heteroatoms. The highest BCUT2D eigenvalue weighted by Gasteiger charge is 2.19. The van der Waals surface area contributed by atoms with Gasteiger partial charge < -0.3 is 14.4 Å². The number of carbonyl (C=O) groups excluding carboxylic acids is 1. The monoisotopic (exact) mass is 492 g/mol. The number of carbonyl (C=O) groups is 1. The van der Waals surface area contributed by atoms with Crippen LogP contribution in [0.5, 0.6) is 5.75 Å². The summed E-state index contributed by atoms with van der Waals surface area (Å²) in [5, 5.41) is 0. The maximum atomic E-state index is 13.6. The van der Waals surface area contributed by atoms with Gasteiger partial charge in [-0.05, 0) is 71.5 Å². The summed E-state index contributed by atoms with van der Waals surface area (Å²) in [7, 11) is 0. The van der Waals surface area contributed by atoms with Crippen molar-refractivity contribution in [1.82, 2.24) is 9.88 Å². The van der Waals surface area contributed by atoms with E-state index < -0.39 is 0 Å². The number of aryl methyl sites for hydroxylation is 1. The van der Waals surface area contributed by atoms with Gasteiger partial charge in [0.15, 0.2) is 0 Å². The van der Waals surface area contributed by atoms with Crippen LogP contribution in [0.3, 0.4) is 0 Å². The first-order chi connectivity index (χ1) is 18.1. The van der Waals surface area contributed by atoms with Gasteiger partial charge >= 0.3 is 0 Å². The molecule has 1 aromatic heterocycles. The lowest BCUT2D eigenvalue weighted by Gasteiger charge is -2.25. The van der Waals surface area contributed by atoms with Gasteiger partial charge in [-0.15, -0.1) is 0 Å². The molecule has 0 fully saturated rings. The van der Waals surface area contributed by atoms with Crippen molar-refractivity contribution < 1.29 is 14.3 Å². The SMILES string of the molecule is Cc1cccc(C(=O)N2CCOCCOc3ccc(-c4cccnc4)cc3Cc3cccc(c3)C2)c1C. The fourth-order valence-electron chi connectivity index (χ4n) is 4.74. The van der Waals surface area contributed by atoms with Gasteiger partial charge in [-0.1, -0.05) is 48.5 Å². The van der Waals surface area contributed by atoms with Crippen LogP contribution in [-0.4, -0.2) is 42.2 Å². The number of hydrogen-bond acceptors (Lipinski definition) is 4. The van der Waals surface area contributed by atoms with Gasteiger partial charge in [-0.3, -0.25) is 9.78 Å². The van der Waals surface area contributed by atoms with E-state index in [1.807, 2.05) is 55.3 Å². The zero-order valence-electron chi connectivity index (χ0n) is 21.4. The molecule has 0 unspecified atom stereocenters. The molecule has 1 amide bonds. The summed E-state index contributed by atoms with van der Waals surface area (Å²) in [6.07, 6.45) is 4.39. The Labute approximate surface area is 218 Å². The summed E-state index contributed by atoms with van der Waals surface area (Å²) < 4.78 is 12.0. The average molecular weight is 493 g/mol. The molecule has 2 heterocycles. The lowest BCUT2D eigenvalue weighted by molar-refractivity contribution is 0.0570. The number of nitrogens with zero attached hydrogens (tertiary/aromatic N) is 2. The number of rotatable bonds is 2. The molecule has 37 heavy (non-hydrogen) atoms. The van der Waals surface area contributed by atoms with Crippen LogP contribution in [-0.2, 0) is 17.7 Å². The number of aromatic nitrogens is 1. The molecule has 188 valence electrons. The molecule has 5 nitrogen and oxygen atoms in total. The first-order valence-electron chi connectivity index (χ1n) is 12.8. The second kappa shape index (κ2) is 11.4. The van der Waals surface area contributed by atoms with E-state index in [1.54, 1.807) is 6.20 Å². The van der Waals surface area contributed by atoms with Crippen molar-refractivity contribution >= 4 is 5.91 Å². The molecule has 0 spiro atoms. The zero-order chi connectivity index (χ0) is 25.6. The highest BCUT2D eigenvalue weighted by molar-refractivity contribution is 5.96. The van der Waals surface area contributed by atoms with E-state index in [0.29, 0.717) is 32.9 Å². The molecule has 0 saturated heterocycles. The van der Waals surface area contributed by atoms with Crippen LogP contribution in [0.15, 0.2) is 85.2 Å². The van der Waals surface area contributed by atoms with Crippen molar-refractivity contribution in [2.24, 2.45) is 0 Å². The highest BCUT2D eigenvalue weighted by Crippen LogP contribution is 2.29. The maximum Gasteiger partial charge on any atom is 0.254 e. The number of fused-ring (bicyclic) bond motifs is 3.